The zero-order valence-electron chi connectivity index (χ0n) is 8.54. The number of hydrogen-bond donors (Lipinski definition) is 0. The van der Waals surface area contributed by atoms with Crippen LogP contribution in [0.2, 0.25) is 0 Å². The topological polar surface area (TPSA) is 9.23 Å². The molecule has 1 rings (SSSR count). The summed E-state index contributed by atoms with van der Waals surface area (Å²) in [6, 6.07) is 5.30. The summed E-state index contributed by atoms with van der Waals surface area (Å²) in [6.45, 7) is -4.86. The van der Waals surface area contributed by atoms with Gasteiger partial charge < -0.3 is 0 Å². The van der Waals surface area contributed by atoms with Crippen molar-refractivity contribution in [1.82, 2.24) is 0 Å². The maximum Gasteiger partial charge on any atom is 1.00 e. The van der Waals surface area contributed by atoms with Gasteiger partial charge in [0.25, 0.3) is 0 Å². The Bertz CT molecular complexity index is 291. The Balaban J connectivity index is 0.00000196. The predicted octanol–water partition coefficient (Wildman–Crippen LogP) is -2.32. The molecule has 15 heavy (non-hydrogen) atoms. The van der Waals surface area contributed by atoms with Crippen molar-refractivity contribution in [3.05, 3.63) is 24.3 Å². The van der Waals surface area contributed by atoms with Gasteiger partial charge in [-0.15, -0.1) is 0 Å². The van der Waals surface area contributed by atoms with Crippen molar-refractivity contribution in [2.24, 2.45) is 0 Å². The molecule has 0 heterocycles. The Kier molecular flexibility index (Phi) is 8.10. The van der Waals surface area contributed by atoms with E-state index in [0.717, 1.165) is 16.6 Å². The SMILES string of the molecule is COC[Se]c1ccc([B-](F)(F)F)cc1.[K+]. The van der Waals surface area contributed by atoms with Crippen LogP contribution in [0.1, 0.15) is 0 Å². The molecule has 0 amide bonds. The molecular formula is C8H9BF3KOSe. The summed E-state index contributed by atoms with van der Waals surface area (Å²) in [4.78, 5) is 0. The van der Waals surface area contributed by atoms with Gasteiger partial charge in [-0.1, -0.05) is 0 Å². The Labute approximate surface area is 136 Å². The molecule has 0 spiro atoms. The van der Waals surface area contributed by atoms with Gasteiger partial charge in [0.1, 0.15) is 0 Å². The van der Waals surface area contributed by atoms with Gasteiger partial charge in [0, 0.05) is 0 Å². The van der Waals surface area contributed by atoms with Crippen LogP contribution in [0.4, 0.5) is 12.9 Å². The summed E-state index contributed by atoms with van der Waals surface area (Å²) >= 11 is 0.103. The average Bonchev–Trinajstić information content (AvgIpc) is 2.14. The number of methoxy groups -OCH3 is 1. The van der Waals surface area contributed by atoms with E-state index in [-0.39, 0.29) is 66.3 Å². The van der Waals surface area contributed by atoms with Crippen molar-refractivity contribution in [3.8, 4) is 0 Å². The van der Waals surface area contributed by atoms with Crippen LogP contribution < -0.4 is 61.3 Å². The molecule has 0 bridgehead atoms. The normalized spacial score (nSPS) is 10.9. The first-order valence-corrected chi connectivity index (χ1v) is 6.02. The Morgan fingerprint density at radius 3 is 2.13 bits per heavy atom. The predicted molar refractivity (Wildman–Crippen MR) is 52.4 cm³/mol. The third-order valence-electron chi connectivity index (χ3n) is 1.60. The van der Waals surface area contributed by atoms with Crippen molar-refractivity contribution in [2.75, 3.05) is 12.6 Å². The van der Waals surface area contributed by atoms with Gasteiger partial charge in [0.15, 0.2) is 0 Å². The second-order valence-corrected chi connectivity index (χ2v) is 4.78. The van der Waals surface area contributed by atoms with Gasteiger partial charge in [0.2, 0.25) is 0 Å². The first kappa shape index (κ1) is 16.2. The minimum absolute atomic E-state index is 0. The molecule has 0 atom stereocenters. The fourth-order valence-electron chi connectivity index (χ4n) is 0.909. The number of rotatable bonds is 4. The molecule has 0 saturated heterocycles. The van der Waals surface area contributed by atoms with Gasteiger partial charge in [-0.2, -0.15) is 0 Å². The number of benzene rings is 1. The molecule has 0 aliphatic heterocycles. The molecule has 0 saturated carbocycles. The molecule has 0 unspecified atom stereocenters. The maximum absolute atomic E-state index is 12.2. The van der Waals surface area contributed by atoms with Gasteiger partial charge in [0.05, 0.1) is 0 Å². The molecule has 0 fully saturated rings. The monoisotopic (exact) mass is 308 g/mol. The van der Waals surface area contributed by atoms with E-state index in [4.69, 9.17) is 4.74 Å². The van der Waals surface area contributed by atoms with Crippen molar-refractivity contribution >= 4 is 31.9 Å². The standard InChI is InChI=1S/C8H9BF3OSe.K/c1-13-6-14-8-4-2-7(3-5-8)9(10,11)12;/h2-5H,6H2,1H3;/q-1;+1. The molecule has 78 valence electrons. The fraction of sp³-hybridized carbons (Fsp3) is 0.250. The molecule has 0 aliphatic rings. The Morgan fingerprint density at radius 2 is 1.73 bits per heavy atom. The van der Waals surface area contributed by atoms with Crippen molar-refractivity contribution in [3.63, 3.8) is 0 Å². The third kappa shape index (κ3) is 5.89. The molecule has 1 aromatic carbocycles. The second kappa shape index (κ2) is 7.50. The van der Waals surface area contributed by atoms with E-state index in [9.17, 15) is 12.9 Å². The van der Waals surface area contributed by atoms with Crippen LogP contribution in [0.3, 0.4) is 0 Å². The summed E-state index contributed by atoms with van der Waals surface area (Å²) in [7, 11) is 1.58. The van der Waals surface area contributed by atoms with Crippen molar-refractivity contribution in [1.29, 1.82) is 0 Å². The minimum Gasteiger partial charge on any atom is 1.00 e. The van der Waals surface area contributed by atoms with E-state index in [1.807, 2.05) is 0 Å². The molecule has 0 radical (unpaired) electrons. The molecule has 0 aliphatic carbocycles. The van der Waals surface area contributed by atoms with Crippen LogP contribution in [0, 0.1) is 0 Å². The first-order chi connectivity index (χ1) is 6.54. The largest absolute Gasteiger partial charge is 1.00 e. The quantitative estimate of drug-likeness (QED) is 0.568. The Morgan fingerprint density at radius 1 is 1.20 bits per heavy atom. The third-order valence-corrected chi connectivity index (χ3v) is 3.61. The summed E-state index contributed by atoms with van der Waals surface area (Å²) in [5, 5.41) is 0. The molecule has 0 N–H and O–H groups in total. The second-order valence-electron chi connectivity index (χ2n) is 2.69. The van der Waals surface area contributed by atoms with E-state index in [1.165, 1.54) is 12.1 Å². The molecular weight excluding hydrogens is 298 g/mol. The summed E-state index contributed by atoms with van der Waals surface area (Å²) < 4.78 is 42.4. The van der Waals surface area contributed by atoms with Gasteiger partial charge in [-0.25, -0.2) is 0 Å². The zero-order chi connectivity index (χ0) is 10.6. The number of ether oxygens (including phenoxy) is 1. The van der Waals surface area contributed by atoms with E-state index in [2.05, 4.69) is 0 Å². The van der Waals surface area contributed by atoms with Crippen molar-refractivity contribution in [2.45, 2.75) is 0 Å². The van der Waals surface area contributed by atoms with E-state index in [1.54, 1.807) is 7.11 Å². The Hall–Kier alpha value is 1.19. The van der Waals surface area contributed by atoms with Crippen LogP contribution in [0.5, 0.6) is 0 Å². The maximum atomic E-state index is 12.2. The van der Waals surface area contributed by atoms with E-state index in [0.29, 0.717) is 5.51 Å². The van der Waals surface area contributed by atoms with Crippen LogP contribution in [-0.2, 0) is 4.74 Å². The van der Waals surface area contributed by atoms with Crippen LogP contribution in [-0.4, -0.2) is 34.5 Å². The summed E-state index contributed by atoms with van der Waals surface area (Å²) in [5.74, 6) is 0. The molecule has 7 heteroatoms. The minimum atomic E-state index is -4.86. The van der Waals surface area contributed by atoms with Crippen LogP contribution >= 0.6 is 0 Å². The van der Waals surface area contributed by atoms with E-state index >= 15 is 0 Å². The summed E-state index contributed by atoms with van der Waals surface area (Å²) in [5.41, 5.74) is 0.0470. The molecule has 0 aromatic heterocycles. The summed E-state index contributed by atoms with van der Waals surface area (Å²) in [6.07, 6.45) is 0. The van der Waals surface area contributed by atoms with Gasteiger partial charge in [-0.3, -0.25) is 0 Å². The average molecular weight is 307 g/mol. The number of halogens is 3. The fourth-order valence-corrected chi connectivity index (χ4v) is 2.13. The van der Waals surface area contributed by atoms with E-state index < -0.39 is 12.4 Å². The van der Waals surface area contributed by atoms with Crippen LogP contribution in [0.15, 0.2) is 24.3 Å². The smallest absolute Gasteiger partial charge is 1.00 e. The van der Waals surface area contributed by atoms with Gasteiger partial charge >= 0.3 is 138 Å². The number of hydrogen-bond acceptors (Lipinski definition) is 1. The zero-order valence-corrected chi connectivity index (χ0v) is 13.4. The van der Waals surface area contributed by atoms with Crippen molar-refractivity contribution < 1.29 is 69.1 Å². The molecule has 1 aromatic rings. The first-order valence-electron chi connectivity index (χ1n) is 3.95. The van der Waals surface area contributed by atoms with Crippen LogP contribution in [0.25, 0.3) is 0 Å². The van der Waals surface area contributed by atoms with Gasteiger partial charge in [-0.05, 0) is 0 Å². The molecule has 1 nitrogen and oxygen atoms in total.